The summed E-state index contributed by atoms with van der Waals surface area (Å²) in [5.74, 6) is 2.56. The second kappa shape index (κ2) is 11.0. The Hall–Kier alpha value is -2.20. The van der Waals surface area contributed by atoms with E-state index in [-0.39, 0.29) is 6.10 Å². The molecule has 1 unspecified atom stereocenters. The van der Waals surface area contributed by atoms with Crippen LogP contribution in [0.25, 0.3) is 0 Å². The summed E-state index contributed by atoms with van der Waals surface area (Å²) in [6.45, 7) is 6.55. The van der Waals surface area contributed by atoms with Crippen LogP contribution in [-0.2, 0) is 0 Å². The van der Waals surface area contributed by atoms with E-state index in [4.69, 9.17) is 14.2 Å². The molecule has 0 amide bonds. The number of likely N-dealkylation sites (tertiary alicyclic amines) is 1. The van der Waals surface area contributed by atoms with Gasteiger partial charge in [0.15, 0.2) is 0 Å². The maximum atomic E-state index is 6.17. The van der Waals surface area contributed by atoms with E-state index >= 15 is 0 Å². The highest BCUT2D eigenvalue weighted by atomic mass is 16.5. The van der Waals surface area contributed by atoms with Gasteiger partial charge in [0.25, 0.3) is 0 Å². The predicted octanol–water partition coefficient (Wildman–Crippen LogP) is 5.48. The molecule has 0 aromatic heterocycles. The van der Waals surface area contributed by atoms with Gasteiger partial charge in [0, 0.05) is 12.6 Å². The molecule has 0 radical (unpaired) electrons. The molecule has 4 heteroatoms. The highest BCUT2D eigenvalue weighted by molar-refractivity contribution is 5.34. The Labute approximate surface area is 169 Å². The van der Waals surface area contributed by atoms with Gasteiger partial charge in [-0.2, -0.15) is 0 Å². The van der Waals surface area contributed by atoms with E-state index in [9.17, 15) is 0 Å². The fourth-order valence-electron chi connectivity index (χ4n) is 3.67. The van der Waals surface area contributed by atoms with E-state index in [1.54, 1.807) is 7.11 Å². The summed E-state index contributed by atoms with van der Waals surface area (Å²) in [5.41, 5.74) is 1.16. The molecule has 1 aliphatic heterocycles. The van der Waals surface area contributed by atoms with Crippen LogP contribution >= 0.6 is 0 Å². The number of benzene rings is 2. The maximum absolute atomic E-state index is 6.17. The van der Waals surface area contributed by atoms with Crippen LogP contribution in [0.2, 0.25) is 0 Å². The van der Waals surface area contributed by atoms with Gasteiger partial charge in [0.1, 0.15) is 23.4 Å². The summed E-state index contributed by atoms with van der Waals surface area (Å²) < 4.78 is 17.4. The zero-order chi connectivity index (χ0) is 19.6. The lowest BCUT2D eigenvalue weighted by molar-refractivity contribution is 0.199. The first-order chi connectivity index (χ1) is 13.8. The molecule has 1 atom stereocenters. The quantitative estimate of drug-likeness (QED) is 0.508. The van der Waals surface area contributed by atoms with E-state index in [2.05, 4.69) is 24.0 Å². The van der Waals surface area contributed by atoms with Gasteiger partial charge in [-0.25, -0.2) is 0 Å². The van der Waals surface area contributed by atoms with Crippen LogP contribution in [0.15, 0.2) is 48.5 Å². The molecule has 0 spiro atoms. The van der Waals surface area contributed by atoms with Gasteiger partial charge >= 0.3 is 0 Å². The van der Waals surface area contributed by atoms with Crippen molar-refractivity contribution >= 4 is 0 Å². The lowest BCUT2D eigenvalue weighted by Crippen LogP contribution is -2.31. The van der Waals surface area contributed by atoms with Crippen molar-refractivity contribution in [3.63, 3.8) is 0 Å². The Kier molecular flexibility index (Phi) is 8.04. The first-order valence-electron chi connectivity index (χ1n) is 10.5. The van der Waals surface area contributed by atoms with E-state index < -0.39 is 0 Å². The Morgan fingerprint density at radius 1 is 0.929 bits per heavy atom. The molecule has 1 heterocycles. The van der Waals surface area contributed by atoms with Crippen LogP contribution in [0.4, 0.5) is 0 Å². The van der Waals surface area contributed by atoms with Gasteiger partial charge in [-0.1, -0.05) is 31.5 Å². The molecule has 28 heavy (non-hydrogen) atoms. The van der Waals surface area contributed by atoms with Gasteiger partial charge in [-0.05, 0) is 68.6 Å². The zero-order valence-electron chi connectivity index (χ0n) is 17.2. The van der Waals surface area contributed by atoms with Crippen LogP contribution in [0.5, 0.6) is 17.2 Å². The van der Waals surface area contributed by atoms with E-state index in [1.807, 2.05) is 36.4 Å². The number of hydrogen-bond donors (Lipinski definition) is 0. The van der Waals surface area contributed by atoms with E-state index in [1.165, 1.54) is 32.4 Å². The molecule has 0 N–H and O–H groups in total. The zero-order valence-corrected chi connectivity index (χ0v) is 17.2. The highest BCUT2D eigenvalue weighted by Crippen LogP contribution is 2.28. The number of ether oxygens (including phenoxy) is 3. The third-order valence-corrected chi connectivity index (χ3v) is 5.28. The monoisotopic (exact) mass is 383 g/mol. The molecule has 0 aliphatic carbocycles. The van der Waals surface area contributed by atoms with Crippen molar-refractivity contribution in [2.45, 2.75) is 45.1 Å². The Balaban J connectivity index is 1.47. The van der Waals surface area contributed by atoms with Crippen molar-refractivity contribution in [3.8, 4) is 17.2 Å². The normalized spacial score (nSPS) is 15.8. The van der Waals surface area contributed by atoms with Gasteiger partial charge in [0.2, 0.25) is 0 Å². The molecule has 1 fully saturated rings. The minimum atomic E-state index is 0.0141. The van der Waals surface area contributed by atoms with Crippen molar-refractivity contribution in [1.82, 2.24) is 4.90 Å². The molecule has 1 saturated heterocycles. The number of hydrogen-bond acceptors (Lipinski definition) is 4. The first-order valence-corrected chi connectivity index (χ1v) is 10.5. The van der Waals surface area contributed by atoms with Crippen molar-refractivity contribution in [2.24, 2.45) is 0 Å². The fraction of sp³-hybridized carbons (Fsp3) is 0.500. The molecule has 1 aliphatic rings. The molecule has 0 bridgehead atoms. The van der Waals surface area contributed by atoms with Crippen LogP contribution in [0.1, 0.15) is 50.7 Å². The maximum Gasteiger partial charge on any atom is 0.123 e. The summed E-state index contributed by atoms with van der Waals surface area (Å²) in [6.07, 6.45) is 6.07. The molecule has 2 aromatic rings. The standard InChI is InChI=1S/C24H33NO3/c1-3-24(28-23-10-7-9-22(19-23)26-2)20-11-13-21(14-12-20)27-18-8-17-25-15-5-4-6-16-25/h7,9-14,19,24H,3-6,8,15-18H2,1-2H3. The molecular weight excluding hydrogens is 350 g/mol. The van der Waals surface area contributed by atoms with Crippen molar-refractivity contribution in [2.75, 3.05) is 33.4 Å². The number of piperidine rings is 1. The van der Waals surface area contributed by atoms with E-state index in [0.717, 1.165) is 48.8 Å². The van der Waals surface area contributed by atoms with Crippen LogP contribution < -0.4 is 14.2 Å². The molecule has 152 valence electrons. The second-order valence-corrected chi connectivity index (χ2v) is 7.37. The SMILES string of the molecule is CCC(Oc1cccc(OC)c1)c1ccc(OCCCN2CCCCC2)cc1. The summed E-state index contributed by atoms with van der Waals surface area (Å²) in [5, 5.41) is 0. The summed E-state index contributed by atoms with van der Waals surface area (Å²) in [4.78, 5) is 2.55. The lowest BCUT2D eigenvalue weighted by Gasteiger charge is -2.26. The average Bonchev–Trinajstić information content (AvgIpc) is 2.76. The largest absolute Gasteiger partial charge is 0.497 e. The Morgan fingerprint density at radius 3 is 2.39 bits per heavy atom. The Morgan fingerprint density at radius 2 is 1.68 bits per heavy atom. The molecule has 0 saturated carbocycles. The lowest BCUT2D eigenvalue weighted by atomic mass is 10.1. The minimum absolute atomic E-state index is 0.0141. The van der Waals surface area contributed by atoms with Crippen molar-refractivity contribution in [1.29, 1.82) is 0 Å². The van der Waals surface area contributed by atoms with E-state index in [0.29, 0.717) is 0 Å². The third kappa shape index (κ3) is 6.16. The number of methoxy groups -OCH3 is 1. The van der Waals surface area contributed by atoms with Crippen LogP contribution in [-0.4, -0.2) is 38.3 Å². The van der Waals surface area contributed by atoms with Crippen LogP contribution in [0, 0.1) is 0 Å². The third-order valence-electron chi connectivity index (χ3n) is 5.28. The summed E-state index contributed by atoms with van der Waals surface area (Å²) >= 11 is 0. The minimum Gasteiger partial charge on any atom is -0.497 e. The number of rotatable bonds is 10. The van der Waals surface area contributed by atoms with Gasteiger partial charge in [-0.15, -0.1) is 0 Å². The van der Waals surface area contributed by atoms with Crippen LogP contribution in [0.3, 0.4) is 0 Å². The van der Waals surface area contributed by atoms with Gasteiger partial charge < -0.3 is 19.1 Å². The molecular formula is C24H33NO3. The fourth-order valence-corrected chi connectivity index (χ4v) is 3.67. The predicted molar refractivity (Wildman–Crippen MR) is 113 cm³/mol. The first kappa shape index (κ1) is 20.5. The highest BCUT2D eigenvalue weighted by Gasteiger charge is 2.12. The summed E-state index contributed by atoms with van der Waals surface area (Å²) in [7, 11) is 1.67. The topological polar surface area (TPSA) is 30.9 Å². The average molecular weight is 384 g/mol. The van der Waals surface area contributed by atoms with Gasteiger partial charge in [0.05, 0.1) is 13.7 Å². The Bertz CT molecular complexity index is 695. The number of nitrogens with zero attached hydrogens (tertiary/aromatic N) is 1. The van der Waals surface area contributed by atoms with Crippen molar-refractivity contribution < 1.29 is 14.2 Å². The smallest absolute Gasteiger partial charge is 0.123 e. The van der Waals surface area contributed by atoms with Gasteiger partial charge in [-0.3, -0.25) is 0 Å². The van der Waals surface area contributed by atoms with Crippen molar-refractivity contribution in [3.05, 3.63) is 54.1 Å². The summed E-state index contributed by atoms with van der Waals surface area (Å²) in [6, 6.07) is 16.1. The molecule has 2 aromatic carbocycles. The molecule has 4 nitrogen and oxygen atoms in total. The second-order valence-electron chi connectivity index (χ2n) is 7.37. The molecule has 3 rings (SSSR count).